The summed E-state index contributed by atoms with van der Waals surface area (Å²) in [5.74, 6) is 0.246. The van der Waals surface area contributed by atoms with Gasteiger partial charge in [0.15, 0.2) is 5.16 Å². The molecule has 4 rings (SSSR count). The van der Waals surface area contributed by atoms with Gasteiger partial charge < -0.3 is 19.7 Å². The molecule has 1 fully saturated rings. The minimum Gasteiger partial charge on any atom is -0.497 e. The van der Waals surface area contributed by atoms with Crippen LogP contribution in [-0.4, -0.2) is 52.2 Å². The van der Waals surface area contributed by atoms with Gasteiger partial charge in [0.1, 0.15) is 22.9 Å². The summed E-state index contributed by atoms with van der Waals surface area (Å²) < 4.78 is 24.4. The summed E-state index contributed by atoms with van der Waals surface area (Å²) in [5, 5.41) is 3.52. The molecule has 2 amide bonds. The van der Waals surface area contributed by atoms with Gasteiger partial charge in [0.2, 0.25) is 11.8 Å². The number of ether oxygens (including phenoxy) is 2. The Morgan fingerprint density at radius 3 is 2.28 bits per heavy atom. The summed E-state index contributed by atoms with van der Waals surface area (Å²) in [6.45, 7) is 3.93. The molecule has 0 unspecified atom stereocenters. The van der Waals surface area contributed by atoms with Crippen LogP contribution in [0.4, 0.5) is 10.1 Å². The molecule has 10 heteroatoms. The SMILES string of the molecule is COc1ccc(NC(=O)C2(N(Cc3ccc(F)cc3)C(=O)CSc3nc(C)cc(C)n3)CCCC2)c(OC)c1. The summed E-state index contributed by atoms with van der Waals surface area (Å²) in [7, 11) is 3.08. The van der Waals surface area contributed by atoms with Crippen molar-refractivity contribution in [2.45, 2.75) is 56.8 Å². The normalized spacial score (nSPS) is 14.1. The maximum Gasteiger partial charge on any atom is 0.250 e. The maximum absolute atomic E-state index is 14.0. The molecule has 0 aliphatic heterocycles. The van der Waals surface area contributed by atoms with E-state index in [0.29, 0.717) is 35.2 Å². The van der Waals surface area contributed by atoms with Crippen LogP contribution in [0.5, 0.6) is 11.5 Å². The number of nitrogens with zero attached hydrogens (tertiary/aromatic N) is 3. The fraction of sp³-hybridized carbons (Fsp3) is 0.379. The first-order valence-corrected chi connectivity index (χ1v) is 13.8. The lowest BCUT2D eigenvalue weighted by atomic mass is 9.92. The second-order valence-corrected chi connectivity index (χ2v) is 10.5. The van der Waals surface area contributed by atoms with Crippen LogP contribution < -0.4 is 14.8 Å². The van der Waals surface area contributed by atoms with Crippen molar-refractivity contribution >= 4 is 29.3 Å². The number of hydrogen-bond donors (Lipinski definition) is 1. The Morgan fingerprint density at radius 2 is 1.67 bits per heavy atom. The highest BCUT2D eigenvalue weighted by atomic mass is 32.2. The molecule has 1 aromatic heterocycles. The molecule has 206 valence electrons. The second kappa shape index (κ2) is 12.5. The molecule has 39 heavy (non-hydrogen) atoms. The van der Waals surface area contributed by atoms with Gasteiger partial charge in [-0.1, -0.05) is 36.7 Å². The van der Waals surface area contributed by atoms with Crippen LogP contribution in [-0.2, 0) is 16.1 Å². The van der Waals surface area contributed by atoms with E-state index >= 15 is 0 Å². The first kappa shape index (κ1) is 28.4. The Labute approximate surface area is 232 Å². The van der Waals surface area contributed by atoms with Gasteiger partial charge in [0.25, 0.3) is 0 Å². The summed E-state index contributed by atoms with van der Waals surface area (Å²) in [6.07, 6.45) is 2.62. The molecule has 1 N–H and O–H groups in total. The van der Waals surface area contributed by atoms with Crippen LogP contribution in [0.2, 0.25) is 0 Å². The number of aromatic nitrogens is 2. The van der Waals surface area contributed by atoms with Crippen molar-refractivity contribution in [1.82, 2.24) is 14.9 Å². The molecule has 0 spiro atoms. The van der Waals surface area contributed by atoms with Crippen LogP contribution in [0.1, 0.15) is 42.6 Å². The van der Waals surface area contributed by atoms with Crippen LogP contribution >= 0.6 is 11.8 Å². The lowest BCUT2D eigenvalue weighted by molar-refractivity contribution is -0.144. The maximum atomic E-state index is 14.0. The Bertz CT molecular complexity index is 1310. The molecule has 0 atom stereocenters. The van der Waals surface area contributed by atoms with Crippen molar-refractivity contribution in [3.63, 3.8) is 0 Å². The predicted molar refractivity (Wildman–Crippen MR) is 149 cm³/mol. The third-order valence-corrected chi connectivity index (χ3v) is 7.70. The van der Waals surface area contributed by atoms with E-state index in [9.17, 15) is 14.0 Å². The number of aryl methyl sites for hydroxylation is 2. The molecule has 1 aliphatic rings. The van der Waals surface area contributed by atoms with Crippen LogP contribution in [0.25, 0.3) is 0 Å². The number of carbonyl (C=O) groups is 2. The number of benzene rings is 2. The standard InChI is InChI=1S/C29H33FN4O4S/c1-19-15-20(2)32-28(31-19)39-18-26(35)34(17-21-7-9-22(30)10-8-21)29(13-5-6-14-29)27(36)33-24-12-11-23(37-3)16-25(24)38-4/h7-12,15-16H,5-6,13-14,17-18H2,1-4H3,(H,33,36). The number of halogens is 1. The molecule has 2 aromatic carbocycles. The molecular formula is C29H33FN4O4S. The summed E-state index contributed by atoms with van der Waals surface area (Å²) >= 11 is 1.24. The summed E-state index contributed by atoms with van der Waals surface area (Å²) in [4.78, 5) is 38.4. The van der Waals surface area contributed by atoms with E-state index in [2.05, 4.69) is 15.3 Å². The number of carbonyl (C=O) groups excluding carboxylic acids is 2. The molecule has 8 nitrogen and oxygen atoms in total. The lowest BCUT2D eigenvalue weighted by Crippen LogP contribution is -2.57. The fourth-order valence-corrected chi connectivity index (χ4v) is 5.76. The number of nitrogens with one attached hydrogen (secondary N) is 1. The van der Waals surface area contributed by atoms with Gasteiger partial charge in [-0.2, -0.15) is 0 Å². The highest BCUT2D eigenvalue weighted by molar-refractivity contribution is 7.99. The lowest BCUT2D eigenvalue weighted by Gasteiger charge is -2.40. The zero-order valence-electron chi connectivity index (χ0n) is 22.6. The number of anilines is 1. The number of thioether (sulfide) groups is 1. The molecule has 0 bridgehead atoms. The van der Waals surface area contributed by atoms with Crippen LogP contribution in [0, 0.1) is 19.7 Å². The predicted octanol–water partition coefficient (Wildman–Crippen LogP) is 5.32. The number of hydrogen-bond acceptors (Lipinski definition) is 7. The van der Waals surface area contributed by atoms with Gasteiger partial charge in [0.05, 0.1) is 25.7 Å². The molecule has 3 aromatic rings. The number of amides is 2. The Kier molecular flexibility index (Phi) is 9.06. The summed E-state index contributed by atoms with van der Waals surface area (Å²) in [5.41, 5.74) is 1.78. The van der Waals surface area contributed by atoms with E-state index in [4.69, 9.17) is 9.47 Å². The van der Waals surface area contributed by atoms with Crippen molar-refractivity contribution < 1.29 is 23.5 Å². The van der Waals surface area contributed by atoms with Crippen molar-refractivity contribution in [2.24, 2.45) is 0 Å². The van der Waals surface area contributed by atoms with Gasteiger partial charge in [-0.05, 0) is 62.6 Å². The number of rotatable bonds is 10. The molecule has 0 saturated heterocycles. The minimum absolute atomic E-state index is 0.0605. The van der Waals surface area contributed by atoms with E-state index in [-0.39, 0.29) is 29.9 Å². The quantitative estimate of drug-likeness (QED) is 0.269. The van der Waals surface area contributed by atoms with E-state index in [0.717, 1.165) is 29.8 Å². The first-order chi connectivity index (χ1) is 18.7. The third kappa shape index (κ3) is 6.68. The largest absolute Gasteiger partial charge is 0.497 e. The molecule has 1 aliphatic carbocycles. The van der Waals surface area contributed by atoms with Crippen LogP contribution in [0.3, 0.4) is 0 Å². The van der Waals surface area contributed by atoms with Gasteiger partial charge in [-0.15, -0.1) is 0 Å². The van der Waals surface area contributed by atoms with Gasteiger partial charge >= 0.3 is 0 Å². The van der Waals surface area contributed by atoms with E-state index in [1.165, 1.54) is 31.0 Å². The molecule has 0 radical (unpaired) electrons. The second-order valence-electron chi connectivity index (χ2n) is 9.59. The third-order valence-electron chi connectivity index (χ3n) is 6.87. The van der Waals surface area contributed by atoms with E-state index in [1.54, 1.807) is 42.3 Å². The zero-order chi connectivity index (χ0) is 28.0. The van der Waals surface area contributed by atoms with E-state index in [1.807, 2.05) is 19.9 Å². The van der Waals surface area contributed by atoms with Crippen molar-refractivity contribution in [2.75, 3.05) is 25.3 Å². The minimum atomic E-state index is -1.08. The average molecular weight is 553 g/mol. The highest BCUT2D eigenvalue weighted by Crippen LogP contribution is 2.39. The number of methoxy groups -OCH3 is 2. The monoisotopic (exact) mass is 552 g/mol. The molecule has 1 heterocycles. The Balaban J connectivity index is 1.65. The Hall–Kier alpha value is -3.66. The van der Waals surface area contributed by atoms with Crippen molar-refractivity contribution in [3.8, 4) is 11.5 Å². The highest BCUT2D eigenvalue weighted by Gasteiger charge is 2.48. The molecular weight excluding hydrogens is 519 g/mol. The zero-order valence-corrected chi connectivity index (χ0v) is 23.4. The van der Waals surface area contributed by atoms with Gasteiger partial charge in [-0.3, -0.25) is 9.59 Å². The topological polar surface area (TPSA) is 93.7 Å². The van der Waals surface area contributed by atoms with Crippen molar-refractivity contribution in [3.05, 3.63) is 71.3 Å². The first-order valence-electron chi connectivity index (χ1n) is 12.8. The summed E-state index contributed by atoms with van der Waals surface area (Å²) in [6, 6.07) is 13.0. The average Bonchev–Trinajstić information content (AvgIpc) is 3.42. The van der Waals surface area contributed by atoms with Crippen molar-refractivity contribution in [1.29, 1.82) is 0 Å². The van der Waals surface area contributed by atoms with Gasteiger partial charge in [-0.25, -0.2) is 14.4 Å². The Morgan fingerprint density at radius 1 is 1.00 bits per heavy atom. The smallest absolute Gasteiger partial charge is 0.250 e. The van der Waals surface area contributed by atoms with Gasteiger partial charge in [0, 0.05) is 24.0 Å². The molecule has 1 saturated carbocycles. The fourth-order valence-electron chi connectivity index (χ4n) is 4.93. The van der Waals surface area contributed by atoms with Crippen LogP contribution in [0.15, 0.2) is 53.7 Å². The van der Waals surface area contributed by atoms with E-state index < -0.39 is 5.54 Å².